The Hall–Kier alpha value is -6.21. The van der Waals surface area contributed by atoms with Crippen LogP contribution in [0.3, 0.4) is 0 Å². The first-order valence-electron chi connectivity index (χ1n) is 15.6. The summed E-state index contributed by atoms with van der Waals surface area (Å²) in [6, 6.07) is 14.3. The number of benzene rings is 4. The van der Waals surface area contributed by atoms with Gasteiger partial charge in [-0.25, -0.2) is 23.1 Å². The number of aryl methyl sites for hydroxylation is 2. The van der Waals surface area contributed by atoms with Crippen LogP contribution in [0.5, 0.6) is 23.0 Å². The number of ether oxygens (including phenoxy) is 4. The van der Waals surface area contributed by atoms with Crippen molar-refractivity contribution < 1.29 is 59.3 Å². The summed E-state index contributed by atoms with van der Waals surface area (Å²) in [6.45, 7) is 3.41. The quantitative estimate of drug-likeness (QED) is 0.160. The van der Waals surface area contributed by atoms with Crippen molar-refractivity contribution in [1.82, 2.24) is 9.97 Å². The molecule has 2 amide bonds. The molecule has 0 atom stereocenters. The molecule has 0 radical (unpaired) electrons. The SMILES string of the molecule is Cc1cc2c(cc1-c1cnc(NC(=O)c3c(F)cccc3F)s1)OC(F)(F)O2.Cc1cc2c(cc1-c1cnc(NC(=O)c3ccccc3F)s1)OC(F)(F)O2. The highest BCUT2D eigenvalue weighted by Gasteiger charge is 2.44. The number of hydrogen-bond donors (Lipinski definition) is 2. The number of aromatic nitrogens is 2. The van der Waals surface area contributed by atoms with Gasteiger partial charge in [0.2, 0.25) is 0 Å². The lowest BCUT2D eigenvalue weighted by Crippen LogP contribution is -2.25. The Labute approximate surface area is 313 Å². The van der Waals surface area contributed by atoms with E-state index in [4.69, 9.17) is 0 Å². The Balaban J connectivity index is 0.000000169. The van der Waals surface area contributed by atoms with Gasteiger partial charge in [0.25, 0.3) is 11.8 Å². The first-order valence-corrected chi connectivity index (χ1v) is 17.2. The highest BCUT2D eigenvalue weighted by molar-refractivity contribution is 7.19. The average Bonchev–Trinajstić information content (AvgIpc) is 3.88. The maximum Gasteiger partial charge on any atom is 0.586 e. The average molecular weight is 803 g/mol. The number of nitrogens with one attached hydrogen (secondary N) is 2. The zero-order chi connectivity index (χ0) is 39.2. The lowest BCUT2D eigenvalue weighted by Gasteiger charge is -2.05. The third kappa shape index (κ3) is 7.88. The fourth-order valence-electron chi connectivity index (χ4n) is 5.32. The lowest BCUT2D eigenvalue weighted by atomic mass is 10.1. The zero-order valence-electron chi connectivity index (χ0n) is 27.8. The molecule has 19 heteroatoms. The van der Waals surface area contributed by atoms with Gasteiger partial charge in [-0.2, -0.15) is 0 Å². The summed E-state index contributed by atoms with van der Waals surface area (Å²) in [5, 5.41) is 5.19. The maximum atomic E-state index is 13.7. The van der Waals surface area contributed by atoms with Gasteiger partial charge in [0.05, 0.1) is 15.3 Å². The molecule has 4 aromatic carbocycles. The number of carbonyl (C=O) groups excluding carboxylic acids is 2. The number of halogens is 7. The van der Waals surface area contributed by atoms with E-state index in [0.29, 0.717) is 32.0 Å². The van der Waals surface area contributed by atoms with E-state index < -0.39 is 47.4 Å². The van der Waals surface area contributed by atoms with E-state index in [0.717, 1.165) is 40.9 Å². The van der Waals surface area contributed by atoms with Crippen LogP contribution in [0.15, 0.2) is 79.1 Å². The number of anilines is 2. The molecule has 0 unspecified atom stereocenters. The minimum absolute atomic E-state index is 0.0427. The molecule has 0 saturated heterocycles. The number of fused-ring (bicyclic) bond motifs is 2. The summed E-state index contributed by atoms with van der Waals surface area (Å²) in [7, 11) is 0. The third-order valence-corrected chi connectivity index (χ3v) is 9.68. The van der Waals surface area contributed by atoms with E-state index in [1.807, 2.05) is 0 Å². The molecule has 6 aromatic rings. The zero-order valence-corrected chi connectivity index (χ0v) is 29.4. The van der Waals surface area contributed by atoms with Crippen molar-refractivity contribution in [2.75, 3.05) is 10.6 Å². The highest BCUT2D eigenvalue weighted by Crippen LogP contribution is 2.47. The van der Waals surface area contributed by atoms with Gasteiger partial charge in [-0.05, 0) is 73.5 Å². The van der Waals surface area contributed by atoms with Crippen LogP contribution in [0, 0.1) is 31.3 Å². The molecular weight excluding hydrogens is 782 g/mol. The standard InChI is InChI=1S/C18H10F4N2O3S.C18H11F3N2O3S/c1-8-5-12-13(27-18(21,22)26-12)6-9(8)14-7-23-17(28-14)24-16(25)15-10(19)3-2-4-11(15)20;1-9-6-13-14(26-18(20,21)25-13)7-11(9)15-8-22-17(27-15)23-16(24)10-4-2-3-5-12(10)19/h2-7H,1H3,(H,23,24,25);2-8H,1H3,(H,22,23,24). The van der Waals surface area contributed by atoms with Gasteiger partial charge in [-0.1, -0.05) is 40.9 Å². The first kappa shape index (κ1) is 37.1. The maximum absolute atomic E-state index is 13.7. The molecule has 2 N–H and O–H groups in total. The van der Waals surface area contributed by atoms with Crippen LogP contribution in [0.1, 0.15) is 31.8 Å². The summed E-state index contributed by atoms with van der Waals surface area (Å²) < 4.78 is 112. The third-order valence-electron chi connectivity index (χ3n) is 7.79. The van der Waals surface area contributed by atoms with E-state index in [9.17, 15) is 40.3 Å². The number of nitrogens with zero attached hydrogens (tertiary/aromatic N) is 2. The van der Waals surface area contributed by atoms with Crippen LogP contribution >= 0.6 is 22.7 Å². The molecular formula is C36H21F7N4O6S2. The molecule has 8 rings (SSSR count). The number of carbonyl (C=O) groups is 2. The normalized spacial score (nSPS) is 14.2. The fraction of sp³-hybridized carbons (Fsp3) is 0.111. The molecule has 10 nitrogen and oxygen atoms in total. The van der Waals surface area contributed by atoms with Gasteiger partial charge >= 0.3 is 12.6 Å². The van der Waals surface area contributed by atoms with Gasteiger partial charge in [-0.15, -0.1) is 17.6 Å². The second-order valence-electron chi connectivity index (χ2n) is 11.6. The topological polar surface area (TPSA) is 121 Å². The van der Waals surface area contributed by atoms with Crippen LogP contribution in [-0.4, -0.2) is 34.4 Å². The van der Waals surface area contributed by atoms with Crippen molar-refractivity contribution >= 4 is 44.8 Å². The van der Waals surface area contributed by atoms with E-state index in [2.05, 4.69) is 39.5 Å². The van der Waals surface area contributed by atoms with Crippen LogP contribution in [0.2, 0.25) is 0 Å². The van der Waals surface area contributed by atoms with Crippen molar-refractivity contribution in [3.05, 3.63) is 119 Å². The Bertz CT molecular complexity index is 2470. The molecule has 2 aliphatic rings. The van der Waals surface area contributed by atoms with E-state index >= 15 is 0 Å². The summed E-state index contributed by atoms with van der Waals surface area (Å²) >= 11 is 2.13. The summed E-state index contributed by atoms with van der Waals surface area (Å²) in [5.74, 6) is -4.58. The van der Waals surface area contributed by atoms with Gasteiger partial charge in [0, 0.05) is 23.5 Å². The van der Waals surface area contributed by atoms with E-state index in [-0.39, 0.29) is 38.8 Å². The molecule has 4 heterocycles. The van der Waals surface area contributed by atoms with E-state index in [1.165, 1.54) is 54.9 Å². The molecule has 0 aliphatic carbocycles. The predicted molar refractivity (Wildman–Crippen MR) is 186 cm³/mol. The lowest BCUT2D eigenvalue weighted by molar-refractivity contribution is -0.287. The van der Waals surface area contributed by atoms with Gasteiger partial charge < -0.3 is 18.9 Å². The summed E-state index contributed by atoms with van der Waals surface area (Å²) in [4.78, 5) is 33.6. The molecule has 0 bridgehead atoms. The fourth-order valence-corrected chi connectivity index (χ4v) is 7.11. The smallest absolute Gasteiger partial charge is 0.395 e. The van der Waals surface area contributed by atoms with Crippen molar-refractivity contribution in [1.29, 1.82) is 0 Å². The molecule has 0 saturated carbocycles. The second-order valence-corrected chi connectivity index (χ2v) is 13.7. The molecule has 282 valence electrons. The molecule has 55 heavy (non-hydrogen) atoms. The number of thiazole rings is 2. The molecule has 2 aliphatic heterocycles. The monoisotopic (exact) mass is 802 g/mol. The van der Waals surface area contributed by atoms with Crippen LogP contribution < -0.4 is 29.6 Å². The minimum atomic E-state index is -3.73. The predicted octanol–water partition coefficient (Wildman–Crippen LogP) is 9.80. The number of amides is 2. The van der Waals surface area contributed by atoms with Crippen molar-refractivity contribution in [3.63, 3.8) is 0 Å². The van der Waals surface area contributed by atoms with Gasteiger partial charge in [0.15, 0.2) is 33.3 Å². The Morgan fingerprint density at radius 1 is 0.600 bits per heavy atom. The summed E-state index contributed by atoms with van der Waals surface area (Å²) in [5.41, 5.74) is 1.61. The summed E-state index contributed by atoms with van der Waals surface area (Å²) in [6.07, 6.45) is -4.53. The van der Waals surface area contributed by atoms with Crippen molar-refractivity contribution in [3.8, 4) is 43.9 Å². The highest BCUT2D eigenvalue weighted by atomic mass is 32.1. The van der Waals surface area contributed by atoms with Gasteiger partial charge in [-0.3, -0.25) is 20.2 Å². The van der Waals surface area contributed by atoms with Crippen LogP contribution in [0.4, 0.5) is 41.0 Å². The Kier molecular flexibility index (Phi) is 9.59. The van der Waals surface area contributed by atoms with Crippen LogP contribution in [-0.2, 0) is 0 Å². The number of rotatable bonds is 6. The number of hydrogen-bond acceptors (Lipinski definition) is 10. The van der Waals surface area contributed by atoms with Crippen molar-refractivity contribution in [2.24, 2.45) is 0 Å². The van der Waals surface area contributed by atoms with Crippen molar-refractivity contribution in [2.45, 2.75) is 26.4 Å². The molecule has 2 aromatic heterocycles. The largest absolute Gasteiger partial charge is 0.586 e. The second kappa shape index (κ2) is 14.2. The molecule has 0 fully saturated rings. The number of alkyl halides is 4. The minimum Gasteiger partial charge on any atom is -0.395 e. The Morgan fingerprint density at radius 3 is 1.49 bits per heavy atom. The first-order chi connectivity index (χ1) is 26.1. The van der Waals surface area contributed by atoms with E-state index in [1.54, 1.807) is 19.9 Å². The van der Waals surface area contributed by atoms with Gasteiger partial charge in [0.1, 0.15) is 23.0 Å². The molecule has 0 spiro atoms. The Morgan fingerprint density at radius 2 is 1.02 bits per heavy atom. The van der Waals surface area contributed by atoms with Crippen LogP contribution in [0.25, 0.3) is 20.9 Å².